The van der Waals surface area contributed by atoms with E-state index in [1.54, 1.807) is 26.4 Å². The van der Waals surface area contributed by atoms with Gasteiger partial charge in [-0.05, 0) is 48.4 Å². The molecular formula is C19H22FNO3. The van der Waals surface area contributed by atoms with Crippen molar-refractivity contribution in [3.05, 3.63) is 59.4 Å². The summed E-state index contributed by atoms with van der Waals surface area (Å²) < 4.78 is 30.1. The van der Waals surface area contributed by atoms with Crippen LogP contribution < -0.4 is 14.8 Å². The first-order chi connectivity index (χ1) is 11.6. The molecule has 1 saturated heterocycles. The topological polar surface area (TPSA) is 39.7 Å². The van der Waals surface area contributed by atoms with Crippen molar-refractivity contribution in [3.63, 3.8) is 0 Å². The van der Waals surface area contributed by atoms with E-state index in [9.17, 15) is 4.39 Å². The highest BCUT2D eigenvalue weighted by Gasteiger charge is 2.36. The molecule has 1 atom stereocenters. The minimum absolute atomic E-state index is 0.239. The molecule has 24 heavy (non-hydrogen) atoms. The van der Waals surface area contributed by atoms with Crippen molar-refractivity contribution in [2.45, 2.75) is 18.6 Å². The van der Waals surface area contributed by atoms with Crippen molar-refractivity contribution in [2.75, 3.05) is 27.3 Å². The minimum Gasteiger partial charge on any atom is -0.497 e. The average Bonchev–Trinajstić information content (AvgIpc) is 3.10. The van der Waals surface area contributed by atoms with Gasteiger partial charge in [0.2, 0.25) is 0 Å². The molecule has 1 N–H and O–H groups in total. The van der Waals surface area contributed by atoms with Crippen LogP contribution in [0, 0.1) is 5.82 Å². The van der Waals surface area contributed by atoms with Crippen LogP contribution in [0.2, 0.25) is 0 Å². The maximum absolute atomic E-state index is 13.2. The predicted molar refractivity (Wildman–Crippen MR) is 89.9 cm³/mol. The molecule has 2 aromatic rings. The summed E-state index contributed by atoms with van der Waals surface area (Å²) >= 11 is 0. The zero-order valence-corrected chi connectivity index (χ0v) is 14.0. The van der Waals surface area contributed by atoms with Crippen LogP contribution in [0.3, 0.4) is 0 Å². The summed E-state index contributed by atoms with van der Waals surface area (Å²) in [6.45, 7) is 2.01. The molecule has 0 bridgehead atoms. The van der Waals surface area contributed by atoms with Gasteiger partial charge in [-0.2, -0.15) is 0 Å². The number of nitrogens with one attached hydrogen (secondary N) is 1. The largest absolute Gasteiger partial charge is 0.497 e. The predicted octanol–water partition coefficient (Wildman–Crippen LogP) is 3.25. The zero-order chi connectivity index (χ0) is 17.0. The van der Waals surface area contributed by atoms with Gasteiger partial charge in [-0.3, -0.25) is 0 Å². The summed E-state index contributed by atoms with van der Waals surface area (Å²) in [6, 6.07) is 12.3. The van der Waals surface area contributed by atoms with Crippen molar-refractivity contribution in [1.82, 2.24) is 5.32 Å². The third-order valence-electron chi connectivity index (χ3n) is 4.41. The third kappa shape index (κ3) is 3.52. The first kappa shape index (κ1) is 16.7. The van der Waals surface area contributed by atoms with Crippen molar-refractivity contribution < 1.29 is 18.6 Å². The third-order valence-corrected chi connectivity index (χ3v) is 4.41. The molecule has 0 spiro atoms. The summed E-state index contributed by atoms with van der Waals surface area (Å²) in [5.74, 6) is 1.22. The Kier molecular flexibility index (Phi) is 5.02. The summed E-state index contributed by atoms with van der Waals surface area (Å²) in [5.41, 5.74) is 1.52. The lowest BCUT2D eigenvalue weighted by Crippen LogP contribution is -2.32. The molecule has 0 aliphatic carbocycles. The summed E-state index contributed by atoms with van der Waals surface area (Å²) in [6.07, 6.45) is 0.847. The number of ether oxygens (including phenoxy) is 3. The highest BCUT2D eigenvalue weighted by Crippen LogP contribution is 2.34. The zero-order valence-electron chi connectivity index (χ0n) is 14.0. The van der Waals surface area contributed by atoms with Crippen LogP contribution in [-0.2, 0) is 16.9 Å². The second-order valence-corrected chi connectivity index (χ2v) is 5.94. The van der Waals surface area contributed by atoms with Crippen molar-refractivity contribution in [2.24, 2.45) is 0 Å². The Labute approximate surface area is 141 Å². The maximum Gasteiger partial charge on any atom is 0.123 e. The first-order valence-electron chi connectivity index (χ1n) is 7.98. The summed E-state index contributed by atoms with van der Waals surface area (Å²) in [5, 5.41) is 3.34. The Morgan fingerprint density at radius 1 is 1.04 bits per heavy atom. The van der Waals surface area contributed by atoms with Gasteiger partial charge in [0.15, 0.2) is 0 Å². The molecule has 4 nitrogen and oxygen atoms in total. The van der Waals surface area contributed by atoms with Crippen LogP contribution in [0.1, 0.15) is 17.5 Å². The van der Waals surface area contributed by atoms with E-state index in [0.29, 0.717) is 13.2 Å². The van der Waals surface area contributed by atoms with E-state index < -0.39 is 5.60 Å². The van der Waals surface area contributed by atoms with E-state index in [-0.39, 0.29) is 5.82 Å². The van der Waals surface area contributed by atoms with Gasteiger partial charge in [-0.15, -0.1) is 0 Å². The fourth-order valence-corrected chi connectivity index (χ4v) is 3.05. The average molecular weight is 331 g/mol. The number of methoxy groups -OCH3 is 2. The SMILES string of the molecule is COc1cc(COC2(c3ccc(F)cc3)CCNC2)cc(OC)c1. The number of halogens is 1. The Morgan fingerprint density at radius 2 is 1.71 bits per heavy atom. The van der Waals surface area contributed by atoms with Crippen LogP contribution in [0.5, 0.6) is 11.5 Å². The second-order valence-electron chi connectivity index (χ2n) is 5.94. The Bertz CT molecular complexity index is 659. The van der Waals surface area contributed by atoms with Gasteiger partial charge >= 0.3 is 0 Å². The smallest absolute Gasteiger partial charge is 0.123 e. The fourth-order valence-electron chi connectivity index (χ4n) is 3.05. The highest BCUT2D eigenvalue weighted by molar-refractivity contribution is 5.38. The molecule has 3 rings (SSSR count). The first-order valence-corrected chi connectivity index (χ1v) is 7.98. The van der Waals surface area contributed by atoms with Gasteiger partial charge in [-0.1, -0.05) is 12.1 Å². The summed E-state index contributed by atoms with van der Waals surface area (Å²) in [4.78, 5) is 0. The van der Waals surface area contributed by atoms with Gasteiger partial charge in [-0.25, -0.2) is 4.39 Å². The van der Waals surface area contributed by atoms with Gasteiger partial charge in [0.1, 0.15) is 22.9 Å². The normalized spacial score (nSPS) is 20.1. The van der Waals surface area contributed by atoms with Crippen molar-refractivity contribution in [3.8, 4) is 11.5 Å². The van der Waals surface area contributed by atoms with Crippen LogP contribution in [0.4, 0.5) is 4.39 Å². The van der Waals surface area contributed by atoms with E-state index in [1.165, 1.54) is 12.1 Å². The van der Waals surface area contributed by atoms with E-state index in [0.717, 1.165) is 35.6 Å². The summed E-state index contributed by atoms with van der Waals surface area (Å²) in [7, 11) is 3.25. The fraction of sp³-hybridized carbons (Fsp3) is 0.368. The molecule has 128 valence electrons. The van der Waals surface area contributed by atoms with Crippen LogP contribution >= 0.6 is 0 Å². The van der Waals surface area contributed by atoms with Gasteiger partial charge in [0, 0.05) is 12.6 Å². The van der Waals surface area contributed by atoms with Crippen LogP contribution in [-0.4, -0.2) is 27.3 Å². The van der Waals surface area contributed by atoms with E-state index in [4.69, 9.17) is 14.2 Å². The van der Waals surface area contributed by atoms with Crippen LogP contribution in [0.15, 0.2) is 42.5 Å². The minimum atomic E-state index is -0.440. The van der Waals surface area contributed by atoms with Crippen molar-refractivity contribution in [1.29, 1.82) is 0 Å². The molecule has 1 aliphatic rings. The lowest BCUT2D eigenvalue weighted by Gasteiger charge is -2.29. The molecule has 2 aromatic carbocycles. The second kappa shape index (κ2) is 7.20. The quantitative estimate of drug-likeness (QED) is 0.882. The molecule has 0 saturated carbocycles. The van der Waals surface area contributed by atoms with E-state index in [1.807, 2.05) is 18.2 Å². The highest BCUT2D eigenvalue weighted by atomic mass is 19.1. The molecule has 0 amide bonds. The molecule has 0 aromatic heterocycles. The lowest BCUT2D eigenvalue weighted by atomic mass is 9.92. The number of rotatable bonds is 6. The molecule has 1 heterocycles. The number of hydrogen-bond donors (Lipinski definition) is 1. The molecule has 5 heteroatoms. The van der Waals surface area contributed by atoms with Gasteiger partial charge in [0.25, 0.3) is 0 Å². The van der Waals surface area contributed by atoms with Gasteiger partial charge < -0.3 is 19.5 Å². The van der Waals surface area contributed by atoms with E-state index in [2.05, 4.69) is 5.32 Å². The molecule has 1 fully saturated rings. The Hall–Kier alpha value is -2.11. The monoisotopic (exact) mass is 331 g/mol. The van der Waals surface area contributed by atoms with Crippen LogP contribution in [0.25, 0.3) is 0 Å². The van der Waals surface area contributed by atoms with Gasteiger partial charge in [0.05, 0.1) is 20.8 Å². The molecule has 1 unspecified atom stereocenters. The molecule has 1 aliphatic heterocycles. The Morgan fingerprint density at radius 3 is 2.25 bits per heavy atom. The lowest BCUT2D eigenvalue weighted by molar-refractivity contribution is -0.0471. The number of hydrogen-bond acceptors (Lipinski definition) is 4. The molecular weight excluding hydrogens is 309 g/mol. The van der Waals surface area contributed by atoms with E-state index >= 15 is 0 Å². The molecule has 0 radical (unpaired) electrons. The standard InChI is InChI=1S/C19H22FNO3/c1-22-17-9-14(10-18(11-17)23-2)12-24-19(7-8-21-13-19)15-3-5-16(20)6-4-15/h3-6,9-11,21H,7-8,12-13H2,1-2H3. The maximum atomic E-state index is 13.2. The van der Waals surface area contributed by atoms with Crippen molar-refractivity contribution >= 4 is 0 Å². The number of benzene rings is 2. The Balaban J connectivity index is 1.81.